The van der Waals surface area contributed by atoms with Gasteiger partial charge in [0.05, 0.1) is 0 Å². The number of hydrogen-bond acceptors (Lipinski definition) is 0. The van der Waals surface area contributed by atoms with Crippen LogP contribution in [0.1, 0.15) is 0 Å². The van der Waals surface area contributed by atoms with Crippen LogP contribution in [0.4, 0.5) is 0 Å². The van der Waals surface area contributed by atoms with E-state index in [1.54, 1.807) is 0 Å². The summed E-state index contributed by atoms with van der Waals surface area (Å²) in [5, 5.41) is 8.39. The summed E-state index contributed by atoms with van der Waals surface area (Å²) in [7, 11) is -0.892. The van der Waals surface area contributed by atoms with Crippen LogP contribution in [-0.2, 0) is 19.5 Å². The van der Waals surface area contributed by atoms with Crippen LogP contribution in [0.15, 0.2) is 182 Å². The summed E-state index contributed by atoms with van der Waals surface area (Å²) in [5.41, 5.74) is 0. The summed E-state index contributed by atoms with van der Waals surface area (Å²) < 4.78 is 0. The van der Waals surface area contributed by atoms with Crippen molar-refractivity contribution in [2.24, 2.45) is 0 Å². The first-order chi connectivity index (χ1) is 18.9. The molecule has 0 saturated carbocycles. The van der Waals surface area contributed by atoms with Crippen LogP contribution in [0.3, 0.4) is 0 Å². The average molecular weight is 699 g/mol. The van der Waals surface area contributed by atoms with Crippen LogP contribution >= 0.6 is 40.7 Å². The van der Waals surface area contributed by atoms with E-state index < -0.39 is 15.8 Å². The molecule has 0 N–H and O–H groups in total. The molecule has 6 rings (SSSR count). The molecule has 0 atom stereocenters. The van der Waals surface area contributed by atoms with Gasteiger partial charge in [-0.3, -0.25) is 0 Å². The monoisotopic (exact) mass is 698 g/mol. The van der Waals surface area contributed by atoms with Crippen molar-refractivity contribution in [3.63, 3.8) is 0 Å². The van der Waals surface area contributed by atoms with E-state index in [0.717, 1.165) is 0 Å². The Hall–Kier alpha value is -2.62. The van der Waals surface area contributed by atoms with Gasteiger partial charge in [0.25, 0.3) is 0 Å². The molecule has 0 radical (unpaired) electrons. The molecule has 0 saturated heterocycles. The maximum atomic E-state index is 2.23. The second kappa shape index (κ2) is 18.7. The minimum atomic E-state index is -0.446. The molecule has 0 amide bonds. The maximum Gasteiger partial charge on any atom is 0 e. The third-order valence-corrected chi connectivity index (χ3v) is 11.0. The van der Waals surface area contributed by atoms with E-state index in [4.69, 9.17) is 0 Å². The quantitative estimate of drug-likeness (QED) is 0.124. The Labute approximate surface area is 272 Å². The standard InChI is InChI=1S/2C18H15P.2ClH.Ru/c2*1-4-10-16(11-5-1)19(17-12-6-2-7-13-17)18-14-8-3-9-15-18;;;/h2*1-15H;2*1H;. The second-order valence-electron chi connectivity index (χ2n) is 8.68. The van der Waals surface area contributed by atoms with E-state index in [2.05, 4.69) is 182 Å². The summed E-state index contributed by atoms with van der Waals surface area (Å²) in [5.74, 6) is 0. The number of rotatable bonds is 6. The molecule has 0 unspecified atom stereocenters. The van der Waals surface area contributed by atoms with Crippen LogP contribution < -0.4 is 31.8 Å². The minimum absolute atomic E-state index is 0. The van der Waals surface area contributed by atoms with Gasteiger partial charge in [0.15, 0.2) is 0 Å². The van der Waals surface area contributed by atoms with Gasteiger partial charge in [-0.2, -0.15) is 0 Å². The SMILES string of the molecule is Cl.Cl.[Ru].c1ccc(P(c2ccccc2)c2ccccc2)cc1.c1ccc(P(c2ccccc2)c2ccccc2)cc1. The van der Waals surface area contributed by atoms with Crippen molar-refractivity contribution in [3.05, 3.63) is 182 Å². The zero-order valence-corrected chi connectivity index (χ0v) is 27.5. The van der Waals surface area contributed by atoms with Crippen LogP contribution in [0.5, 0.6) is 0 Å². The minimum Gasteiger partial charge on any atom is -0.147 e. The van der Waals surface area contributed by atoms with E-state index in [1.165, 1.54) is 31.8 Å². The first-order valence-corrected chi connectivity index (χ1v) is 15.5. The van der Waals surface area contributed by atoms with Crippen molar-refractivity contribution in [2.45, 2.75) is 0 Å². The summed E-state index contributed by atoms with van der Waals surface area (Å²) in [4.78, 5) is 0. The van der Waals surface area contributed by atoms with Gasteiger partial charge in [-0.15, -0.1) is 24.8 Å². The van der Waals surface area contributed by atoms with Crippen molar-refractivity contribution in [1.82, 2.24) is 0 Å². The summed E-state index contributed by atoms with van der Waals surface area (Å²) >= 11 is 0. The fraction of sp³-hybridized carbons (Fsp3) is 0. The molecular weight excluding hydrogens is 666 g/mol. The predicted molar refractivity (Wildman–Crippen MR) is 185 cm³/mol. The Kier molecular flexibility index (Phi) is 15.8. The van der Waals surface area contributed by atoms with Gasteiger partial charge >= 0.3 is 0 Å². The molecular formula is C36H32Cl2P2Ru. The van der Waals surface area contributed by atoms with E-state index >= 15 is 0 Å². The van der Waals surface area contributed by atoms with E-state index in [9.17, 15) is 0 Å². The normalized spacial score (nSPS) is 9.80. The topological polar surface area (TPSA) is 0 Å². The fourth-order valence-corrected chi connectivity index (χ4v) is 8.97. The van der Waals surface area contributed by atoms with E-state index in [1.807, 2.05) is 0 Å². The Morgan fingerprint density at radius 3 is 0.463 bits per heavy atom. The molecule has 6 aromatic rings. The second-order valence-corrected chi connectivity index (χ2v) is 13.1. The van der Waals surface area contributed by atoms with Crippen molar-refractivity contribution < 1.29 is 19.5 Å². The van der Waals surface area contributed by atoms with Crippen molar-refractivity contribution in [2.75, 3.05) is 0 Å². The summed E-state index contributed by atoms with van der Waals surface area (Å²) in [6.07, 6.45) is 0. The molecule has 0 aliphatic carbocycles. The van der Waals surface area contributed by atoms with Crippen molar-refractivity contribution >= 4 is 72.5 Å². The molecule has 0 nitrogen and oxygen atoms in total. The first-order valence-electron chi connectivity index (χ1n) is 12.8. The first kappa shape index (κ1) is 34.6. The molecule has 6 aromatic carbocycles. The molecule has 0 aliphatic rings. The predicted octanol–water partition coefficient (Wildman–Crippen LogP) is 7.73. The van der Waals surface area contributed by atoms with Gasteiger partial charge in [-0.1, -0.05) is 182 Å². The molecule has 0 bridgehead atoms. The van der Waals surface area contributed by atoms with Crippen LogP contribution in [-0.4, -0.2) is 0 Å². The van der Waals surface area contributed by atoms with E-state index in [0.29, 0.717) is 0 Å². The van der Waals surface area contributed by atoms with Gasteiger partial charge in [-0.25, -0.2) is 0 Å². The third-order valence-electron chi connectivity index (χ3n) is 6.09. The Bertz CT molecular complexity index is 1180. The zero-order chi connectivity index (χ0) is 25.8. The summed E-state index contributed by atoms with van der Waals surface area (Å²) in [6, 6.07) is 64.7. The van der Waals surface area contributed by atoms with Crippen molar-refractivity contribution in [3.8, 4) is 0 Å². The molecule has 0 aliphatic heterocycles. The Balaban J connectivity index is 0.000000267. The summed E-state index contributed by atoms with van der Waals surface area (Å²) in [6.45, 7) is 0. The van der Waals surface area contributed by atoms with Crippen LogP contribution in [0, 0.1) is 0 Å². The van der Waals surface area contributed by atoms with Gasteiger partial charge in [0, 0.05) is 19.5 Å². The maximum absolute atomic E-state index is 2.23. The van der Waals surface area contributed by atoms with Crippen LogP contribution in [0.2, 0.25) is 0 Å². The smallest absolute Gasteiger partial charge is 0 e. The van der Waals surface area contributed by atoms with Gasteiger partial charge in [0.2, 0.25) is 0 Å². The van der Waals surface area contributed by atoms with Gasteiger partial charge < -0.3 is 0 Å². The number of benzene rings is 6. The largest absolute Gasteiger partial charge is 0.147 e. The Morgan fingerprint density at radius 1 is 0.220 bits per heavy atom. The van der Waals surface area contributed by atoms with Crippen LogP contribution in [0.25, 0.3) is 0 Å². The van der Waals surface area contributed by atoms with Crippen molar-refractivity contribution in [1.29, 1.82) is 0 Å². The average Bonchev–Trinajstić information content (AvgIpc) is 3.01. The molecule has 208 valence electrons. The van der Waals surface area contributed by atoms with Gasteiger partial charge in [-0.05, 0) is 47.7 Å². The molecule has 41 heavy (non-hydrogen) atoms. The number of hydrogen-bond donors (Lipinski definition) is 0. The Morgan fingerprint density at radius 2 is 0.341 bits per heavy atom. The molecule has 5 heteroatoms. The zero-order valence-electron chi connectivity index (χ0n) is 22.4. The number of halogens is 2. The molecule has 0 fully saturated rings. The van der Waals surface area contributed by atoms with E-state index in [-0.39, 0.29) is 44.3 Å². The fourth-order valence-electron chi connectivity index (χ4n) is 4.36. The molecule has 0 heterocycles. The third kappa shape index (κ3) is 9.72. The molecule has 0 spiro atoms. The molecule has 0 aromatic heterocycles. The van der Waals surface area contributed by atoms with Gasteiger partial charge in [0.1, 0.15) is 0 Å².